The van der Waals surface area contributed by atoms with Crippen molar-refractivity contribution in [3.63, 3.8) is 0 Å². The van der Waals surface area contributed by atoms with E-state index in [2.05, 4.69) is 12.1 Å². The molecule has 218 valence electrons. The molecule has 10 heteroatoms. The predicted molar refractivity (Wildman–Crippen MR) is 158 cm³/mol. The zero-order valence-electron chi connectivity index (χ0n) is 23.6. The van der Waals surface area contributed by atoms with Crippen LogP contribution in [0.25, 0.3) is 0 Å². The number of benzene rings is 3. The fourth-order valence-corrected chi connectivity index (χ4v) is 5.31. The largest absolute Gasteiger partial charge is 0.497 e. The Bertz CT molecular complexity index is 1440. The summed E-state index contributed by atoms with van der Waals surface area (Å²) in [6.45, 7) is 2.25. The molecule has 0 N–H and O–H groups in total. The molecular weight excluding hydrogens is 536 g/mol. The highest BCUT2D eigenvalue weighted by Gasteiger charge is 2.35. The zero-order valence-corrected chi connectivity index (χ0v) is 23.6. The van der Waals surface area contributed by atoms with Gasteiger partial charge in [-0.15, -0.1) is 0 Å². The number of rotatable bonds is 10. The first-order valence-corrected chi connectivity index (χ1v) is 14.0. The van der Waals surface area contributed by atoms with E-state index >= 15 is 0 Å². The van der Waals surface area contributed by atoms with E-state index in [1.54, 1.807) is 46.3 Å². The molecule has 0 bridgehead atoms. The van der Waals surface area contributed by atoms with E-state index in [4.69, 9.17) is 9.47 Å². The van der Waals surface area contributed by atoms with Crippen LogP contribution in [0.1, 0.15) is 27.9 Å². The fourth-order valence-electron chi connectivity index (χ4n) is 5.31. The van der Waals surface area contributed by atoms with Crippen molar-refractivity contribution in [1.82, 2.24) is 9.80 Å². The number of nitro groups is 1. The topological polar surface area (TPSA) is 105 Å². The predicted octanol–water partition coefficient (Wildman–Crippen LogP) is 4.44. The Labute approximate surface area is 244 Å². The quantitative estimate of drug-likeness (QED) is 0.262. The summed E-state index contributed by atoms with van der Waals surface area (Å²) in [5, 5.41) is 12.3. The van der Waals surface area contributed by atoms with Crippen molar-refractivity contribution in [2.24, 2.45) is 0 Å². The van der Waals surface area contributed by atoms with Crippen LogP contribution in [0.2, 0.25) is 0 Å². The summed E-state index contributed by atoms with van der Waals surface area (Å²) in [7, 11) is 1.59. The van der Waals surface area contributed by atoms with Crippen molar-refractivity contribution in [3.05, 3.63) is 112 Å². The molecule has 0 radical (unpaired) electrons. The molecule has 3 aromatic rings. The lowest BCUT2D eigenvalue weighted by Crippen LogP contribution is -2.50. The monoisotopic (exact) mass is 570 g/mol. The van der Waals surface area contributed by atoms with Gasteiger partial charge in [-0.25, -0.2) is 0 Å². The van der Waals surface area contributed by atoms with Gasteiger partial charge < -0.3 is 24.2 Å². The number of carbonyl (C=O) groups is 2. The average molecular weight is 571 g/mol. The first-order chi connectivity index (χ1) is 20.4. The molecule has 1 atom stereocenters. The van der Waals surface area contributed by atoms with Crippen LogP contribution in [0, 0.1) is 10.1 Å². The van der Waals surface area contributed by atoms with Crippen LogP contribution < -0.4 is 9.64 Å². The Hall–Kier alpha value is -4.70. The molecule has 2 aliphatic rings. The second-order valence-corrected chi connectivity index (χ2v) is 10.3. The van der Waals surface area contributed by atoms with Gasteiger partial charge >= 0.3 is 0 Å². The SMILES string of the molecule is COc1ccc(C[C@H]2C(=O)N(CCCc3ccccc3)C=CN2c2ccc(C(=O)N3CCOCC3)cc2[N+](=O)[O-])cc1. The van der Waals surface area contributed by atoms with Crippen LogP contribution in [0.15, 0.2) is 85.2 Å². The minimum absolute atomic E-state index is 0.149. The lowest BCUT2D eigenvalue weighted by atomic mass is 10.00. The molecule has 0 unspecified atom stereocenters. The summed E-state index contributed by atoms with van der Waals surface area (Å²) >= 11 is 0. The molecule has 10 nitrogen and oxygen atoms in total. The number of nitrogens with zero attached hydrogens (tertiary/aromatic N) is 4. The van der Waals surface area contributed by atoms with Gasteiger partial charge in [0.2, 0.25) is 5.91 Å². The van der Waals surface area contributed by atoms with Crippen molar-refractivity contribution in [2.75, 3.05) is 44.9 Å². The van der Waals surface area contributed by atoms with E-state index in [1.807, 2.05) is 42.5 Å². The number of methoxy groups -OCH3 is 1. The summed E-state index contributed by atoms with van der Waals surface area (Å²) < 4.78 is 10.6. The zero-order chi connectivity index (χ0) is 29.5. The molecule has 5 rings (SSSR count). The molecule has 2 amide bonds. The summed E-state index contributed by atoms with van der Waals surface area (Å²) in [4.78, 5) is 43.7. The number of ether oxygens (including phenoxy) is 2. The van der Waals surface area contributed by atoms with Crippen molar-refractivity contribution in [2.45, 2.75) is 25.3 Å². The number of anilines is 1. The van der Waals surface area contributed by atoms with E-state index in [0.29, 0.717) is 45.0 Å². The van der Waals surface area contributed by atoms with Crippen molar-refractivity contribution >= 4 is 23.2 Å². The van der Waals surface area contributed by atoms with Gasteiger partial charge in [-0.1, -0.05) is 42.5 Å². The van der Waals surface area contributed by atoms with Gasteiger partial charge in [-0.05, 0) is 48.2 Å². The Morgan fingerprint density at radius 1 is 1.00 bits per heavy atom. The summed E-state index contributed by atoms with van der Waals surface area (Å²) in [6.07, 6.45) is 5.34. The lowest BCUT2D eigenvalue weighted by molar-refractivity contribution is -0.384. The standard InChI is InChI=1S/C32H34N4O6/c1-41-27-12-9-25(10-13-27)22-30-32(38)33(15-5-8-24-6-3-2-4-7-24)16-17-35(30)28-14-11-26(23-29(28)36(39)40)31(37)34-18-20-42-21-19-34/h2-4,6-7,9-14,16-17,23,30H,5,8,15,18-22H2,1H3/t30-/m0/s1. The normalized spacial score (nSPS) is 16.9. The van der Waals surface area contributed by atoms with E-state index in [9.17, 15) is 19.7 Å². The van der Waals surface area contributed by atoms with E-state index in [0.717, 1.165) is 18.4 Å². The maximum absolute atomic E-state index is 13.9. The highest BCUT2D eigenvalue weighted by atomic mass is 16.6. The summed E-state index contributed by atoms with van der Waals surface area (Å²) in [5.74, 6) is 0.269. The van der Waals surface area contributed by atoms with Crippen molar-refractivity contribution < 1.29 is 24.0 Å². The van der Waals surface area contributed by atoms with Crippen LogP contribution >= 0.6 is 0 Å². The molecule has 3 aromatic carbocycles. The number of hydrogen-bond donors (Lipinski definition) is 0. The van der Waals surface area contributed by atoms with Crippen LogP contribution in [0.4, 0.5) is 11.4 Å². The molecule has 2 heterocycles. The molecule has 1 saturated heterocycles. The van der Waals surface area contributed by atoms with E-state index < -0.39 is 11.0 Å². The van der Waals surface area contributed by atoms with Crippen LogP contribution in [0.5, 0.6) is 5.75 Å². The number of aryl methyl sites for hydroxylation is 1. The third kappa shape index (κ3) is 6.60. The molecule has 42 heavy (non-hydrogen) atoms. The maximum Gasteiger partial charge on any atom is 0.293 e. The number of nitro benzene ring substituents is 1. The molecular formula is C32H34N4O6. The summed E-state index contributed by atoms with van der Waals surface area (Å²) in [6, 6.07) is 21.3. The van der Waals surface area contributed by atoms with E-state index in [1.165, 1.54) is 11.6 Å². The van der Waals surface area contributed by atoms with Gasteiger partial charge in [0.05, 0.1) is 25.2 Å². The minimum Gasteiger partial charge on any atom is -0.497 e. The Balaban J connectivity index is 1.43. The lowest BCUT2D eigenvalue weighted by Gasteiger charge is -2.37. The summed E-state index contributed by atoms with van der Waals surface area (Å²) in [5.41, 5.74) is 2.34. The van der Waals surface area contributed by atoms with Crippen molar-refractivity contribution in [3.8, 4) is 5.75 Å². The first kappa shape index (κ1) is 28.8. The molecule has 0 aliphatic carbocycles. The van der Waals surface area contributed by atoms with Gasteiger partial charge in [-0.3, -0.25) is 19.7 Å². The smallest absolute Gasteiger partial charge is 0.293 e. The molecule has 0 spiro atoms. The van der Waals surface area contributed by atoms with Gasteiger partial charge in [0.1, 0.15) is 17.5 Å². The average Bonchev–Trinajstić information content (AvgIpc) is 3.03. The number of hydrogen-bond acceptors (Lipinski definition) is 7. The molecule has 0 saturated carbocycles. The molecule has 2 aliphatic heterocycles. The highest BCUT2D eigenvalue weighted by molar-refractivity contribution is 5.96. The number of amides is 2. The minimum atomic E-state index is -0.723. The van der Waals surface area contributed by atoms with E-state index in [-0.39, 0.29) is 28.8 Å². The molecule has 1 fully saturated rings. The second kappa shape index (κ2) is 13.3. The number of carbonyl (C=O) groups excluding carboxylic acids is 2. The van der Waals surface area contributed by atoms with Gasteiger partial charge in [-0.2, -0.15) is 0 Å². The molecule has 0 aromatic heterocycles. The third-order valence-electron chi connectivity index (χ3n) is 7.60. The van der Waals surface area contributed by atoms with Crippen LogP contribution in [-0.4, -0.2) is 72.5 Å². The third-order valence-corrected chi connectivity index (χ3v) is 7.60. The Morgan fingerprint density at radius 3 is 2.43 bits per heavy atom. The number of morpholine rings is 1. The fraction of sp³-hybridized carbons (Fsp3) is 0.312. The second-order valence-electron chi connectivity index (χ2n) is 10.3. The van der Waals surface area contributed by atoms with Gasteiger partial charge in [0.25, 0.3) is 11.6 Å². The van der Waals surface area contributed by atoms with Gasteiger partial charge in [0.15, 0.2) is 0 Å². The Kier molecular flexibility index (Phi) is 9.13. The highest BCUT2D eigenvalue weighted by Crippen LogP contribution is 2.34. The van der Waals surface area contributed by atoms with Crippen LogP contribution in [-0.2, 0) is 22.4 Å². The first-order valence-electron chi connectivity index (χ1n) is 14.0. The van der Waals surface area contributed by atoms with Crippen molar-refractivity contribution in [1.29, 1.82) is 0 Å². The van der Waals surface area contributed by atoms with Crippen LogP contribution in [0.3, 0.4) is 0 Å². The maximum atomic E-state index is 13.9. The van der Waals surface area contributed by atoms with Gasteiger partial charge in [0, 0.05) is 50.1 Å². The Morgan fingerprint density at radius 2 is 1.74 bits per heavy atom.